The third-order valence-electron chi connectivity index (χ3n) is 2.74. The first kappa shape index (κ1) is 12.3. The van der Waals surface area contributed by atoms with Gasteiger partial charge in [0, 0.05) is 19.7 Å². The summed E-state index contributed by atoms with van der Waals surface area (Å²) in [7, 11) is 1.67. The van der Waals surface area contributed by atoms with Gasteiger partial charge in [0.05, 0.1) is 13.2 Å². The molecule has 1 rings (SSSR count). The number of likely N-dealkylation sites (tertiary alicyclic amines) is 1. The second kappa shape index (κ2) is 5.92. The first-order chi connectivity index (χ1) is 7.19. The molecule has 5 heteroatoms. The molecule has 0 aromatic carbocycles. The number of ether oxygens (including phenoxy) is 1. The number of hydrogen-bond donors (Lipinski definition) is 2. The van der Waals surface area contributed by atoms with Crippen LogP contribution in [-0.4, -0.2) is 43.7 Å². The molecule has 1 saturated heterocycles. The number of hydrazine groups is 1. The predicted molar refractivity (Wildman–Crippen MR) is 61.5 cm³/mol. The molecule has 1 fully saturated rings. The van der Waals surface area contributed by atoms with Gasteiger partial charge in [0.15, 0.2) is 0 Å². The molecule has 0 bridgehead atoms. The molecule has 0 radical (unpaired) electrons. The van der Waals surface area contributed by atoms with Crippen molar-refractivity contribution >= 4 is 5.96 Å². The first-order valence-electron chi connectivity index (χ1n) is 5.45. The molecule has 1 heterocycles. The molecule has 0 amide bonds. The molecule has 3 N–H and O–H groups in total. The zero-order valence-corrected chi connectivity index (χ0v) is 9.86. The molecule has 5 nitrogen and oxygen atoms in total. The fraction of sp³-hybridized carbons (Fsp3) is 0.900. The number of rotatable bonds is 3. The molecule has 15 heavy (non-hydrogen) atoms. The van der Waals surface area contributed by atoms with E-state index in [-0.39, 0.29) is 0 Å². The van der Waals surface area contributed by atoms with E-state index in [0.717, 1.165) is 12.5 Å². The van der Waals surface area contributed by atoms with Crippen LogP contribution in [0.25, 0.3) is 0 Å². The highest BCUT2D eigenvalue weighted by Gasteiger charge is 2.28. The van der Waals surface area contributed by atoms with Crippen molar-refractivity contribution < 1.29 is 4.74 Å². The van der Waals surface area contributed by atoms with E-state index >= 15 is 0 Å². The van der Waals surface area contributed by atoms with E-state index in [1.807, 2.05) is 0 Å². The van der Waals surface area contributed by atoms with Crippen molar-refractivity contribution in [3.8, 4) is 0 Å². The summed E-state index contributed by atoms with van der Waals surface area (Å²) in [4.78, 5) is 6.60. The SMILES string of the molecule is COCCN=C(NN)N1CC(C)CC1C. The van der Waals surface area contributed by atoms with Crippen LogP contribution < -0.4 is 11.3 Å². The molecule has 0 saturated carbocycles. The van der Waals surface area contributed by atoms with Crippen molar-refractivity contribution in [2.75, 3.05) is 26.8 Å². The number of nitrogens with zero attached hydrogens (tertiary/aromatic N) is 2. The van der Waals surface area contributed by atoms with E-state index in [1.165, 1.54) is 6.42 Å². The Kier molecular flexibility index (Phi) is 4.84. The van der Waals surface area contributed by atoms with Gasteiger partial charge < -0.3 is 9.64 Å². The maximum absolute atomic E-state index is 5.48. The fourth-order valence-electron chi connectivity index (χ4n) is 2.06. The number of nitrogens with one attached hydrogen (secondary N) is 1. The van der Waals surface area contributed by atoms with Crippen LogP contribution in [0, 0.1) is 5.92 Å². The zero-order valence-electron chi connectivity index (χ0n) is 9.86. The Labute approximate surface area is 91.6 Å². The number of aliphatic imine (C=N–C) groups is 1. The monoisotopic (exact) mass is 214 g/mol. The summed E-state index contributed by atoms with van der Waals surface area (Å²) in [5.41, 5.74) is 2.67. The minimum Gasteiger partial charge on any atom is -0.383 e. The maximum Gasteiger partial charge on any atom is 0.208 e. The Morgan fingerprint density at radius 3 is 2.80 bits per heavy atom. The molecular weight excluding hydrogens is 192 g/mol. The lowest BCUT2D eigenvalue weighted by molar-refractivity contribution is 0.207. The van der Waals surface area contributed by atoms with Gasteiger partial charge >= 0.3 is 0 Å². The number of nitrogens with two attached hydrogens (primary N) is 1. The number of hydrogen-bond acceptors (Lipinski definition) is 3. The highest BCUT2D eigenvalue weighted by Crippen LogP contribution is 2.21. The summed E-state index contributed by atoms with van der Waals surface area (Å²) in [5.74, 6) is 6.97. The van der Waals surface area contributed by atoms with Crippen molar-refractivity contribution in [3.63, 3.8) is 0 Å². The van der Waals surface area contributed by atoms with Crippen LogP contribution in [0.1, 0.15) is 20.3 Å². The van der Waals surface area contributed by atoms with Gasteiger partial charge in [-0.3, -0.25) is 5.43 Å². The van der Waals surface area contributed by atoms with E-state index < -0.39 is 0 Å². The molecule has 0 aromatic heterocycles. The predicted octanol–water partition coefficient (Wildman–Crippen LogP) is 0.182. The zero-order chi connectivity index (χ0) is 11.3. The van der Waals surface area contributed by atoms with Gasteiger partial charge in [0.25, 0.3) is 0 Å². The van der Waals surface area contributed by atoms with Crippen LogP contribution in [0.4, 0.5) is 0 Å². The minimum absolute atomic E-state index is 0.511. The third kappa shape index (κ3) is 3.35. The molecule has 88 valence electrons. The van der Waals surface area contributed by atoms with Crippen LogP contribution in [0.15, 0.2) is 4.99 Å². The Morgan fingerprint density at radius 1 is 1.60 bits per heavy atom. The van der Waals surface area contributed by atoms with E-state index in [4.69, 9.17) is 10.6 Å². The van der Waals surface area contributed by atoms with Crippen LogP contribution in [-0.2, 0) is 4.74 Å². The largest absolute Gasteiger partial charge is 0.383 e. The Morgan fingerprint density at radius 2 is 2.33 bits per heavy atom. The lowest BCUT2D eigenvalue weighted by Gasteiger charge is -2.24. The quantitative estimate of drug-likeness (QED) is 0.231. The van der Waals surface area contributed by atoms with Crippen LogP contribution in [0.5, 0.6) is 0 Å². The Balaban J connectivity index is 2.53. The van der Waals surface area contributed by atoms with Gasteiger partial charge in [-0.2, -0.15) is 0 Å². The highest BCUT2D eigenvalue weighted by molar-refractivity contribution is 5.80. The van der Waals surface area contributed by atoms with Gasteiger partial charge in [-0.25, -0.2) is 10.8 Å². The topological polar surface area (TPSA) is 62.9 Å². The van der Waals surface area contributed by atoms with Crippen LogP contribution >= 0.6 is 0 Å². The summed E-state index contributed by atoms with van der Waals surface area (Å²) in [5, 5.41) is 0. The molecule has 2 atom stereocenters. The lowest BCUT2D eigenvalue weighted by atomic mass is 10.1. The Hall–Kier alpha value is -0.810. The summed E-state index contributed by atoms with van der Waals surface area (Å²) < 4.78 is 4.95. The molecule has 0 spiro atoms. The minimum atomic E-state index is 0.511. The standard InChI is InChI=1S/C10H22N4O/c1-8-6-9(2)14(7-8)10(13-11)12-4-5-15-3/h8-9H,4-7,11H2,1-3H3,(H,12,13). The van der Waals surface area contributed by atoms with Crippen molar-refractivity contribution in [2.45, 2.75) is 26.3 Å². The third-order valence-corrected chi connectivity index (χ3v) is 2.74. The van der Waals surface area contributed by atoms with E-state index in [0.29, 0.717) is 25.1 Å². The average molecular weight is 214 g/mol. The molecule has 1 aliphatic heterocycles. The van der Waals surface area contributed by atoms with Crippen LogP contribution in [0.3, 0.4) is 0 Å². The van der Waals surface area contributed by atoms with Gasteiger partial charge in [-0.15, -0.1) is 0 Å². The maximum atomic E-state index is 5.48. The summed E-state index contributed by atoms with van der Waals surface area (Å²) in [6, 6.07) is 0.511. The highest BCUT2D eigenvalue weighted by atomic mass is 16.5. The van der Waals surface area contributed by atoms with Gasteiger partial charge in [0.2, 0.25) is 5.96 Å². The molecule has 0 aromatic rings. The first-order valence-corrected chi connectivity index (χ1v) is 5.45. The van der Waals surface area contributed by atoms with E-state index in [9.17, 15) is 0 Å². The van der Waals surface area contributed by atoms with E-state index in [1.54, 1.807) is 7.11 Å². The summed E-state index contributed by atoms with van der Waals surface area (Å²) in [6.07, 6.45) is 1.20. The van der Waals surface area contributed by atoms with Gasteiger partial charge in [0.1, 0.15) is 0 Å². The molecule has 0 aliphatic carbocycles. The fourth-order valence-corrected chi connectivity index (χ4v) is 2.06. The summed E-state index contributed by atoms with van der Waals surface area (Å²) in [6.45, 7) is 6.75. The van der Waals surface area contributed by atoms with Gasteiger partial charge in [-0.05, 0) is 19.3 Å². The van der Waals surface area contributed by atoms with Gasteiger partial charge in [-0.1, -0.05) is 6.92 Å². The smallest absolute Gasteiger partial charge is 0.208 e. The van der Waals surface area contributed by atoms with Crippen molar-refractivity contribution in [3.05, 3.63) is 0 Å². The van der Waals surface area contributed by atoms with Crippen molar-refractivity contribution in [2.24, 2.45) is 16.8 Å². The lowest BCUT2D eigenvalue weighted by Crippen LogP contribution is -2.46. The second-order valence-electron chi connectivity index (χ2n) is 4.18. The van der Waals surface area contributed by atoms with Crippen LogP contribution in [0.2, 0.25) is 0 Å². The molecule has 2 unspecified atom stereocenters. The molecule has 1 aliphatic rings. The number of guanidine groups is 1. The van der Waals surface area contributed by atoms with E-state index in [2.05, 4.69) is 29.2 Å². The number of methoxy groups -OCH3 is 1. The second-order valence-corrected chi connectivity index (χ2v) is 4.18. The Bertz CT molecular complexity index is 219. The van der Waals surface area contributed by atoms with Crippen molar-refractivity contribution in [1.82, 2.24) is 10.3 Å². The normalized spacial score (nSPS) is 27.2. The molecular formula is C10H22N4O. The van der Waals surface area contributed by atoms with Crippen molar-refractivity contribution in [1.29, 1.82) is 0 Å². The summed E-state index contributed by atoms with van der Waals surface area (Å²) >= 11 is 0. The average Bonchev–Trinajstić information content (AvgIpc) is 2.53.